The molecule has 0 aromatic heterocycles. The maximum atomic E-state index is 11.3. The van der Waals surface area contributed by atoms with Gasteiger partial charge in [0.2, 0.25) is 5.91 Å². The normalized spacial score (nSPS) is 10.2. The minimum Gasteiger partial charge on any atom is -0.292 e. The number of rotatable bonds is 4. The van der Waals surface area contributed by atoms with Crippen molar-refractivity contribution in [2.24, 2.45) is 0 Å². The molecule has 1 rings (SSSR count). The van der Waals surface area contributed by atoms with Crippen LogP contribution in [0.2, 0.25) is 0 Å². The Morgan fingerprint density at radius 1 is 1.12 bits per heavy atom. The number of benzene rings is 1. The fourth-order valence-corrected chi connectivity index (χ4v) is 1.74. The van der Waals surface area contributed by atoms with Gasteiger partial charge in [-0.15, -0.1) is 0 Å². The molecule has 1 aromatic rings. The lowest BCUT2D eigenvalue weighted by atomic mass is 9.98. The summed E-state index contributed by atoms with van der Waals surface area (Å²) in [6, 6.07) is 4.36. The van der Waals surface area contributed by atoms with Gasteiger partial charge in [0.05, 0.1) is 0 Å². The number of amides is 1. The van der Waals surface area contributed by atoms with Crippen molar-refractivity contribution < 1.29 is 4.79 Å². The van der Waals surface area contributed by atoms with E-state index in [2.05, 4.69) is 43.8 Å². The number of hydrazine groups is 1. The highest BCUT2D eigenvalue weighted by Gasteiger charge is 2.05. The first-order valence-corrected chi connectivity index (χ1v) is 5.57. The van der Waals surface area contributed by atoms with Crippen LogP contribution in [-0.4, -0.2) is 13.0 Å². The summed E-state index contributed by atoms with van der Waals surface area (Å²) in [5, 5.41) is 0. The summed E-state index contributed by atoms with van der Waals surface area (Å²) in [5.41, 5.74) is 10.3. The van der Waals surface area contributed by atoms with Crippen LogP contribution in [0, 0.1) is 20.8 Å². The Bertz CT molecular complexity index is 386. The van der Waals surface area contributed by atoms with E-state index in [1.54, 1.807) is 7.05 Å². The van der Waals surface area contributed by atoms with Gasteiger partial charge in [-0.3, -0.25) is 10.2 Å². The molecule has 1 aromatic carbocycles. The Morgan fingerprint density at radius 2 is 1.75 bits per heavy atom. The topological polar surface area (TPSA) is 41.1 Å². The molecule has 0 radical (unpaired) electrons. The van der Waals surface area contributed by atoms with Crippen molar-refractivity contribution >= 4 is 5.91 Å². The van der Waals surface area contributed by atoms with Gasteiger partial charge in [0, 0.05) is 13.5 Å². The highest BCUT2D eigenvalue weighted by molar-refractivity contribution is 5.75. The number of hydrogen-bond donors (Lipinski definition) is 2. The van der Waals surface area contributed by atoms with Crippen molar-refractivity contribution in [3.05, 3.63) is 34.4 Å². The average molecular weight is 220 g/mol. The zero-order valence-electron chi connectivity index (χ0n) is 10.5. The summed E-state index contributed by atoms with van der Waals surface area (Å²) in [6.45, 7) is 6.31. The van der Waals surface area contributed by atoms with Gasteiger partial charge in [0.1, 0.15) is 0 Å². The van der Waals surface area contributed by atoms with E-state index in [-0.39, 0.29) is 5.91 Å². The van der Waals surface area contributed by atoms with E-state index in [0.29, 0.717) is 6.42 Å². The summed E-state index contributed by atoms with van der Waals surface area (Å²) in [4.78, 5) is 11.3. The molecule has 0 bridgehead atoms. The van der Waals surface area contributed by atoms with E-state index in [0.717, 1.165) is 6.42 Å². The molecular weight excluding hydrogens is 200 g/mol. The molecule has 0 unspecified atom stereocenters. The SMILES string of the molecule is CNNC(=O)CCc1cc(C)c(C)cc1C. The highest BCUT2D eigenvalue weighted by Crippen LogP contribution is 2.16. The van der Waals surface area contributed by atoms with Gasteiger partial charge in [-0.05, 0) is 49.4 Å². The largest absolute Gasteiger partial charge is 0.292 e. The predicted molar refractivity (Wildman–Crippen MR) is 66.2 cm³/mol. The van der Waals surface area contributed by atoms with Crippen LogP contribution in [0.4, 0.5) is 0 Å². The van der Waals surface area contributed by atoms with Crippen LogP contribution in [-0.2, 0) is 11.2 Å². The van der Waals surface area contributed by atoms with Gasteiger partial charge in [0.25, 0.3) is 0 Å². The third kappa shape index (κ3) is 3.35. The zero-order chi connectivity index (χ0) is 12.1. The molecule has 0 fully saturated rings. The zero-order valence-corrected chi connectivity index (χ0v) is 10.5. The molecule has 88 valence electrons. The van der Waals surface area contributed by atoms with Crippen molar-refractivity contribution in [3.8, 4) is 0 Å². The number of nitrogens with one attached hydrogen (secondary N) is 2. The van der Waals surface area contributed by atoms with E-state index in [1.165, 1.54) is 22.3 Å². The van der Waals surface area contributed by atoms with E-state index in [4.69, 9.17) is 0 Å². The summed E-state index contributed by atoms with van der Waals surface area (Å²) >= 11 is 0. The van der Waals surface area contributed by atoms with Crippen molar-refractivity contribution in [1.82, 2.24) is 10.9 Å². The van der Waals surface area contributed by atoms with E-state index in [1.807, 2.05) is 0 Å². The standard InChI is InChI=1S/C13H20N2O/c1-9-7-11(3)12(8-10(9)2)5-6-13(16)15-14-4/h7-8,14H,5-6H2,1-4H3,(H,15,16). The lowest BCUT2D eigenvalue weighted by Gasteiger charge is -2.09. The third-order valence-corrected chi connectivity index (χ3v) is 2.84. The van der Waals surface area contributed by atoms with Crippen molar-refractivity contribution in [2.45, 2.75) is 33.6 Å². The Balaban J connectivity index is 2.67. The Morgan fingerprint density at radius 3 is 2.38 bits per heavy atom. The summed E-state index contributed by atoms with van der Waals surface area (Å²) in [7, 11) is 1.69. The summed E-state index contributed by atoms with van der Waals surface area (Å²) in [6.07, 6.45) is 1.31. The van der Waals surface area contributed by atoms with Crippen LogP contribution in [0.3, 0.4) is 0 Å². The summed E-state index contributed by atoms with van der Waals surface area (Å²) < 4.78 is 0. The maximum Gasteiger partial charge on any atom is 0.234 e. The Kier molecular flexibility index (Phi) is 4.50. The number of carbonyl (C=O) groups is 1. The Hall–Kier alpha value is -1.35. The molecule has 3 heteroatoms. The minimum atomic E-state index is 0.0279. The van der Waals surface area contributed by atoms with E-state index >= 15 is 0 Å². The molecule has 0 saturated carbocycles. The quantitative estimate of drug-likeness (QED) is 0.760. The molecule has 0 aliphatic carbocycles. The second kappa shape index (κ2) is 5.66. The molecule has 16 heavy (non-hydrogen) atoms. The van der Waals surface area contributed by atoms with Gasteiger partial charge in [-0.2, -0.15) is 0 Å². The first-order chi connectivity index (χ1) is 7.54. The number of aryl methyl sites for hydroxylation is 4. The first kappa shape index (κ1) is 12.7. The van der Waals surface area contributed by atoms with Gasteiger partial charge in [0.15, 0.2) is 0 Å². The average Bonchev–Trinajstić information content (AvgIpc) is 2.22. The third-order valence-electron chi connectivity index (χ3n) is 2.84. The molecule has 0 heterocycles. The van der Waals surface area contributed by atoms with Crippen LogP contribution in [0.25, 0.3) is 0 Å². The van der Waals surface area contributed by atoms with Crippen LogP contribution >= 0.6 is 0 Å². The van der Waals surface area contributed by atoms with Crippen molar-refractivity contribution in [1.29, 1.82) is 0 Å². The molecule has 0 atom stereocenters. The fourth-order valence-electron chi connectivity index (χ4n) is 1.74. The lowest BCUT2D eigenvalue weighted by molar-refractivity contribution is -0.121. The fraction of sp³-hybridized carbons (Fsp3) is 0.462. The van der Waals surface area contributed by atoms with Crippen molar-refractivity contribution in [2.75, 3.05) is 7.05 Å². The van der Waals surface area contributed by atoms with Gasteiger partial charge in [-0.1, -0.05) is 12.1 Å². The second-order valence-electron chi connectivity index (χ2n) is 4.16. The number of hydrogen-bond acceptors (Lipinski definition) is 2. The van der Waals surface area contributed by atoms with Crippen LogP contribution < -0.4 is 10.9 Å². The maximum absolute atomic E-state index is 11.3. The van der Waals surface area contributed by atoms with E-state index < -0.39 is 0 Å². The smallest absolute Gasteiger partial charge is 0.234 e. The molecule has 0 saturated heterocycles. The van der Waals surface area contributed by atoms with Crippen LogP contribution in [0.1, 0.15) is 28.7 Å². The molecular formula is C13H20N2O. The van der Waals surface area contributed by atoms with Gasteiger partial charge in [-0.25, -0.2) is 5.43 Å². The summed E-state index contributed by atoms with van der Waals surface area (Å²) in [5.74, 6) is 0.0279. The minimum absolute atomic E-state index is 0.0279. The van der Waals surface area contributed by atoms with Crippen LogP contribution in [0.5, 0.6) is 0 Å². The second-order valence-corrected chi connectivity index (χ2v) is 4.16. The highest BCUT2D eigenvalue weighted by atomic mass is 16.2. The lowest BCUT2D eigenvalue weighted by Crippen LogP contribution is -2.34. The molecule has 0 aliphatic heterocycles. The molecule has 2 N–H and O–H groups in total. The van der Waals surface area contributed by atoms with Crippen LogP contribution in [0.15, 0.2) is 12.1 Å². The van der Waals surface area contributed by atoms with E-state index in [9.17, 15) is 4.79 Å². The predicted octanol–water partition coefficient (Wildman–Crippen LogP) is 1.80. The molecule has 0 spiro atoms. The molecule has 1 amide bonds. The van der Waals surface area contributed by atoms with Crippen molar-refractivity contribution in [3.63, 3.8) is 0 Å². The van der Waals surface area contributed by atoms with Gasteiger partial charge < -0.3 is 0 Å². The monoisotopic (exact) mass is 220 g/mol. The molecule has 3 nitrogen and oxygen atoms in total. The number of carbonyl (C=O) groups excluding carboxylic acids is 1. The molecule has 0 aliphatic rings. The van der Waals surface area contributed by atoms with Gasteiger partial charge >= 0.3 is 0 Å². The first-order valence-electron chi connectivity index (χ1n) is 5.57. The Labute approximate surface area is 97.2 Å².